The first-order valence-electron chi connectivity index (χ1n) is 4.87. The molecule has 0 bridgehead atoms. The number of rotatable bonds is 6. The standard InChI is InChI=1S/C10H24N2/c1-9(2)8-12-7-6-10(3,4)11-5/h9,11-12H,6-8H2,1-5H3. The molecule has 0 rings (SSSR count). The molecule has 0 atom stereocenters. The SMILES string of the molecule is CNC(C)(C)CCNCC(C)C. The van der Waals surface area contributed by atoms with Crippen LogP contribution in [0.3, 0.4) is 0 Å². The summed E-state index contributed by atoms with van der Waals surface area (Å²) in [6, 6.07) is 0. The highest BCUT2D eigenvalue weighted by Crippen LogP contribution is 2.05. The Labute approximate surface area is 77.1 Å². The first-order chi connectivity index (χ1) is 5.48. The fraction of sp³-hybridized carbons (Fsp3) is 1.00. The van der Waals surface area contributed by atoms with E-state index in [1.54, 1.807) is 0 Å². The molecule has 2 N–H and O–H groups in total. The molecule has 0 fully saturated rings. The van der Waals surface area contributed by atoms with Gasteiger partial charge in [-0.15, -0.1) is 0 Å². The van der Waals surface area contributed by atoms with E-state index >= 15 is 0 Å². The molecule has 0 amide bonds. The summed E-state index contributed by atoms with van der Waals surface area (Å²) in [6.07, 6.45) is 1.18. The first kappa shape index (κ1) is 11.9. The largest absolute Gasteiger partial charge is 0.316 e. The van der Waals surface area contributed by atoms with E-state index in [-0.39, 0.29) is 5.54 Å². The molecule has 0 saturated heterocycles. The average molecular weight is 172 g/mol. The highest BCUT2D eigenvalue weighted by Gasteiger charge is 2.12. The van der Waals surface area contributed by atoms with Crippen LogP contribution in [0.25, 0.3) is 0 Å². The third-order valence-corrected chi connectivity index (χ3v) is 2.16. The smallest absolute Gasteiger partial charge is 0.0134 e. The van der Waals surface area contributed by atoms with E-state index in [0.29, 0.717) is 0 Å². The van der Waals surface area contributed by atoms with Gasteiger partial charge in [0.15, 0.2) is 0 Å². The Morgan fingerprint density at radius 3 is 2.25 bits per heavy atom. The summed E-state index contributed by atoms with van der Waals surface area (Å²) in [6.45, 7) is 11.1. The predicted octanol–water partition coefficient (Wildman–Crippen LogP) is 1.62. The Balaban J connectivity index is 3.31. The number of hydrogen-bond acceptors (Lipinski definition) is 2. The maximum absolute atomic E-state index is 3.44. The zero-order chi connectivity index (χ0) is 9.61. The molecule has 12 heavy (non-hydrogen) atoms. The normalized spacial score (nSPS) is 12.5. The van der Waals surface area contributed by atoms with Gasteiger partial charge < -0.3 is 10.6 Å². The van der Waals surface area contributed by atoms with Gasteiger partial charge in [-0.2, -0.15) is 0 Å². The van der Waals surface area contributed by atoms with Crippen LogP contribution in [0.4, 0.5) is 0 Å². The van der Waals surface area contributed by atoms with Gasteiger partial charge in [0.25, 0.3) is 0 Å². The van der Waals surface area contributed by atoms with Gasteiger partial charge in [-0.3, -0.25) is 0 Å². The lowest BCUT2D eigenvalue weighted by Gasteiger charge is -2.24. The monoisotopic (exact) mass is 172 g/mol. The van der Waals surface area contributed by atoms with Gasteiger partial charge in [-0.05, 0) is 46.3 Å². The van der Waals surface area contributed by atoms with E-state index < -0.39 is 0 Å². The number of nitrogens with one attached hydrogen (secondary N) is 2. The molecule has 0 aliphatic heterocycles. The minimum atomic E-state index is 0.268. The molecule has 0 saturated carbocycles. The fourth-order valence-corrected chi connectivity index (χ4v) is 0.917. The van der Waals surface area contributed by atoms with E-state index in [1.165, 1.54) is 6.42 Å². The molecule has 0 aromatic rings. The van der Waals surface area contributed by atoms with E-state index in [4.69, 9.17) is 0 Å². The second kappa shape index (κ2) is 5.55. The molecule has 0 aromatic heterocycles. The van der Waals surface area contributed by atoms with E-state index in [1.807, 2.05) is 7.05 Å². The Kier molecular flexibility index (Phi) is 5.51. The van der Waals surface area contributed by atoms with E-state index in [0.717, 1.165) is 19.0 Å². The quantitative estimate of drug-likeness (QED) is 0.595. The van der Waals surface area contributed by atoms with Crippen molar-refractivity contribution in [2.75, 3.05) is 20.1 Å². The Hall–Kier alpha value is -0.0800. The van der Waals surface area contributed by atoms with Gasteiger partial charge in [-0.1, -0.05) is 13.8 Å². The second-order valence-corrected chi connectivity index (χ2v) is 4.48. The maximum atomic E-state index is 3.44. The third kappa shape index (κ3) is 6.62. The van der Waals surface area contributed by atoms with Crippen LogP contribution in [0, 0.1) is 5.92 Å². The van der Waals surface area contributed by atoms with Crippen LogP contribution in [0.15, 0.2) is 0 Å². The van der Waals surface area contributed by atoms with Crippen molar-refractivity contribution < 1.29 is 0 Å². The van der Waals surface area contributed by atoms with Gasteiger partial charge in [0.05, 0.1) is 0 Å². The summed E-state index contributed by atoms with van der Waals surface area (Å²) in [5.41, 5.74) is 0.268. The van der Waals surface area contributed by atoms with Crippen molar-refractivity contribution in [2.24, 2.45) is 5.92 Å². The van der Waals surface area contributed by atoms with Crippen LogP contribution in [-0.2, 0) is 0 Å². The van der Waals surface area contributed by atoms with Crippen molar-refractivity contribution in [3.8, 4) is 0 Å². The maximum Gasteiger partial charge on any atom is 0.0134 e. The summed E-state index contributed by atoms with van der Waals surface area (Å²) in [5.74, 6) is 0.752. The highest BCUT2D eigenvalue weighted by molar-refractivity contribution is 4.75. The summed E-state index contributed by atoms with van der Waals surface area (Å²) in [5, 5.41) is 6.72. The molecule has 0 aromatic carbocycles. The summed E-state index contributed by atoms with van der Waals surface area (Å²) < 4.78 is 0. The lowest BCUT2D eigenvalue weighted by molar-refractivity contribution is 0.377. The van der Waals surface area contributed by atoms with Crippen LogP contribution in [0.2, 0.25) is 0 Å². The van der Waals surface area contributed by atoms with Crippen LogP contribution in [0.1, 0.15) is 34.1 Å². The summed E-state index contributed by atoms with van der Waals surface area (Å²) in [4.78, 5) is 0. The zero-order valence-electron chi connectivity index (χ0n) is 9.20. The topological polar surface area (TPSA) is 24.1 Å². The number of hydrogen-bond donors (Lipinski definition) is 2. The van der Waals surface area contributed by atoms with E-state index in [2.05, 4.69) is 38.3 Å². The molecule has 0 aliphatic carbocycles. The van der Waals surface area contributed by atoms with Crippen LogP contribution in [0.5, 0.6) is 0 Å². The summed E-state index contributed by atoms with van der Waals surface area (Å²) in [7, 11) is 2.02. The van der Waals surface area contributed by atoms with Gasteiger partial charge >= 0.3 is 0 Å². The molecule has 0 heterocycles. The minimum absolute atomic E-state index is 0.268. The lowest BCUT2D eigenvalue weighted by Crippen LogP contribution is -2.39. The Morgan fingerprint density at radius 2 is 1.83 bits per heavy atom. The second-order valence-electron chi connectivity index (χ2n) is 4.48. The lowest BCUT2D eigenvalue weighted by atomic mass is 10.0. The van der Waals surface area contributed by atoms with Crippen LogP contribution in [-0.4, -0.2) is 25.7 Å². The molecule has 2 nitrogen and oxygen atoms in total. The third-order valence-electron chi connectivity index (χ3n) is 2.16. The molecule has 74 valence electrons. The molecule has 0 radical (unpaired) electrons. The van der Waals surface area contributed by atoms with E-state index in [9.17, 15) is 0 Å². The molecular formula is C10H24N2. The molecular weight excluding hydrogens is 148 g/mol. The summed E-state index contributed by atoms with van der Waals surface area (Å²) >= 11 is 0. The van der Waals surface area contributed by atoms with Crippen molar-refractivity contribution in [1.29, 1.82) is 0 Å². The predicted molar refractivity (Wildman–Crippen MR) is 55.5 cm³/mol. The van der Waals surface area contributed by atoms with Crippen LogP contribution >= 0.6 is 0 Å². The van der Waals surface area contributed by atoms with Crippen molar-refractivity contribution in [3.05, 3.63) is 0 Å². The van der Waals surface area contributed by atoms with Crippen molar-refractivity contribution >= 4 is 0 Å². The van der Waals surface area contributed by atoms with Crippen molar-refractivity contribution in [3.63, 3.8) is 0 Å². The zero-order valence-corrected chi connectivity index (χ0v) is 9.20. The first-order valence-corrected chi connectivity index (χ1v) is 4.87. The van der Waals surface area contributed by atoms with Gasteiger partial charge in [0, 0.05) is 5.54 Å². The van der Waals surface area contributed by atoms with Crippen molar-refractivity contribution in [1.82, 2.24) is 10.6 Å². The van der Waals surface area contributed by atoms with Gasteiger partial charge in [0.1, 0.15) is 0 Å². The minimum Gasteiger partial charge on any atom is -0.316 e. The molecule has 0 aliphatic rings. The van der Waals surface area contributed by atoms with Crippen LogP contribution < -0.4 is 10.6 Å². The molecule has 0 unspecified atom stereocenters. The average Bonchev–Trinajstić information content (AvgIpc) is 1.98. The molecule has 0 spiro atoms. The Bertz CT molecular complexity index is 108. The Morgan fingerprint density at radius 1 is 1.25 bits per heavy atom. The van der Waals surface area contributed by atoms with Gasteiger partial charge in [0.2, 0.25) is 0 Å². The highest BCUT2D eigenvalue weighted by atomic mass is 14.9. The fourth-order valence-electron chi connectivity index (χ4n) is 0.917. The van der Waals surface area contributed by atoms with Gasteiger partial charge in [-0.25, -0.2) is 0 Å². The van der Waals surface area contributed by atoms with Crippen molar-refractivity contribution in [2.45, 2.75) is 39.7 Å². The molecule has 2 heteroatoms.